The van der Waals surface area contributed by atoms with E-state index in [1.54, 1.807) is 0 Å². The van der Waals surface area contributed by atoms with Gasteiger partial charge in [0.25, 0.3) is 0 Å². The lowest BCUT2D eigenvalue weighted by atomic mass is 10.0. The Morgan fingerprint density at radius 1 is 0.265 bits per heavy atom. The molecule has 0 spiro atoms. The fraction of sp³-hybridized carbons (Fsp3) is 0.952. The Morgan fingerprint density at radius 2 is 0.451 bits per heavy atom. The first-order chi connectivity index (χ1) is 49.4. The first-order valence-electron chi connectivity index (χ1n) is 43.0. The zero-order chi connectivity index (χ0) is 74.9. The highest BCUT2D eigenvalue weighted by atomic mass is 31.2. The third kappa shape index (κ3) is 76.3. The predicted molar refractivity (Wildman–Crippen MR) is 418 cm³/mol. The van der Waals surface area contributed by atoms with Crippen molar-refractivity contribution < 1.29 is 80.2 Å². The second-order valence-corrected chi connectivity index (χ2v) is 33.7. The highest BCUT2D eigenvalue weighted by molar-refractivity contribution is 7.47. The van der Waals surface area contributed by atoms with Crippen LogP contribution in [0, 0.1) is 11.8 Å². The summed E-state index contributed by atoms with van der Waals surface area (Å²) in [6.07, 6.45) is 65.2. The smallest absolute Gasteiger partial charge is 0.462 e. The van der Waals surface area contributed by atoms with Gasteiger partial charge in [0.05, 0.1) is 26.4 Å². The molecule has 0 saturated heterocycles. The molecule has 0 aliphatic carbocycles. The van der Waals surface area contributed by atoms with E-state index >= 15 is 0 Å². The molecule has 0 heterocycles. The summed E-state index contributed by atoms with van der Waals surface area (Å²) in [5.74, 6) is -0.520. The Kier molecular flexibility index (Phi) is 73.1. The van der Waals surface area contributed by atoms with Crippen LogP contribution in [0.3, 0.4) is 0 Å². The van der Waals surface area contributed by atoms with E-state index in [0.29, 0.717) is 25.7 Å². The van der Waals surface area contributed by atoms with Gasteiger partial charge in [-0.15, -0.1) is 0 Å². The number of carbonyl (C=O) groups is 4. The van der Waals surface area contributed by atoms with E-state index in [0.717, 1.165) is 102 Å². The second kappa shape index (κ2) is 74.5. The second-order valence-electron chi connectivity index (χ2n) is 30.8. The Morgan fingerprint density at radius 3 is 0.667 bits per heavy atom. The molecule has 3 N–H and O–H groups in total. The maximum atomic E-state index is 13.1. The van der Waals surface area contributed by atoms with Gasteiger partial charge in [-0.1, -0.05) is 388 Å². The van der Waals surface area contributed by atoms with Gasteiger partial charge in [0.1, 0.15) is 19.3 Å². The van der Waals surface area contributed by atoms with Crippen LogP contribution in [0.15, 0.2) is 0 Å². The number of phosphoric ester groups is 2. The van der Waals surface area contributed by atoms with Crippen molar-refractivity contribution in [1.82, 2.24) is 0 Å². The minimum absolute atomic E-state index is 0.107. The number of hydrogen-bond donors (Lipinski definition) is 3. The van der Waals surface area contributed by atoms with Crippen LogP contribution in [0.1, 0.15) is 440 Å². The Hall–Kier alpha value is -1.94. The molecule has 0 aromatic heterocycles. The molecule has 0 aromatic rings. The molecule has 0 aliphatic heterocycles. The summed E-state index contributed by atoms with van der Waals surface area (Å²) < 4.78 is 68.8. The van der Waals surface area contributed by atoms with Gasteiger partial charge in [-0.3, -0.25) is 37.3 Å². The molecule has 0 aliphatic rings. The minimum atomic E-state index is -4.96. The zero-order valence-electron chi connectivity index (χ0n) is 66.9. The first-order valence-corrected chi connectivity index (χ1v) is 46.0. The summed E-state index contributed by atoms with van der Waals surface area (Å²) in [5, 5.41) is 10.7. The van der Waals surface area contributed by atoms with Crippen molar-refractivity contribution in [3.63, 3.8) is 0 Å². The van der Waals surface area contributed by atoms with Crippen molar-refractivity contribution in [2.24, 2.45) is 11.8 Å². The molecule has 17 nitrogen and oxygen atoms in total. The van der Waals surface area contributed by atoms with Gasteiger partial charge >= 0.3 is 39.5 Å². The molecule has 102 heavy (non-hydrogen) atoms. The fourth-order valence-electron chi connectivity index (χ4n) is 12.9. The summed E-state index contributed by atoms with van der Waals surface area (Å²) in [7, 11) is -9.92. The molecule has 0 radical (unpaired) electrons. The Bertz CT molecular complexity index is 1960. The van der Waals surface area contributed by atoms with Crippen molar-refractivity contribution in [2.75, 3.05) is 39.6 Å². The monoisotopic (exact) mass is 1490 g/mol. The number of esters is 4. The fourth-order valence-corrected chi connectivity index (χ4v) is 14.5. The number of rotatable bonds is 82. The van der Waals surface area contributed by atoms with Crippen LogP contribution in [0.5, 0.6) is 0 Å². The van der Waals surface area contributed by atoms with Crippen LogP contribution < -0.4 is 0 Å². The lowest BCUT2D eigenvalue weighted by Crippen LogP contribution is -2.30. The molecule has 0 rings (SSSR count). The number of unbranched alkanes of at least 4 members (excludes halogenated alkanes) is 52. The Labute approximate surface area is 626 Å². The van der Waals surface area contributed by atoms with Gasteiger partial charge in [-0.2, -0.15) is 0 Å². The number of aliphatic hydroxyl groups excluding tert-OH is 1. The third-order valence-electron chi connectivity index (χ3n) is 19.5. The summed E-state index contributed by atoms with van der Waals surface area (Å²) in [4.78, 5) is 73.1. The van der Waals surface area contributed by atoms with Gasteiger partial charge in [0.2, 0.25) is 0 Å². The van der Waals surface area contributed by atoms with Gasteiger partial charge in [-0.25, -0.2) is 9.13 Å². The van der Waals surface area contributed by atoms with Crippen molar-refractivity contribution in [2.45, 2.75) is 458 Å². The Balaban J connectivity index is 5.22. The van der Waals surface area contributed by atoms with E-state index < -0.39 is 97.5 Å². The molecule has 0 amide bonds. The average molecular weight is 1490 g/mol. The van der Waals surface area contributed by atoms with E-state index in [4.69, 9.17) is 37.0 Å². The van der Waals surface area contributed by atoms with Crippen LogP contribution in [-0.4, -0.2) is 96.7 Å². The summed E-state index contributed by atoms with van der Waals surface area (Å²) >= 11 is 0. The van der Waals surface area contributed by atoms with E-state index in [9.17, 15) is 43.2 Å². The summed E-state index contributed by atoms with van der Waals surface area (Å²) in [6, 6.07) is 0. The number of aliphatic hydroxyl groups is 1. The summed E-state index contributed by atoms with van der Waals surface area (Å²) in [6.45, 7) is 9.68. The zero-order valence-corrected chi connectivity index (χ0v) is 68.7. The lowest BCUT2D eigenvalue weighted by molar-refractivity contribution is -0.161. The molecular formula is C83H162O17P2. The average Bonchev–Trinajstić information content (AvgIpc) is 0.913. The van der Waals surface area contributed by atoms with Crippen molar-refractivity contribution in [1.29, 1.82) is 0 Å². The van der Waals surface area contributed by atoms with Crippen molar-refractivity contribution in [3.05, 3.63) is 0 Å². The molecule has 0 bridgehead atoms. The van der Waals surface area contributed by atoms with Crippen LogP contribution in [0.4, 0.5) is 0 Å². The van der Waals surface area contributed by atoms with E-state index in [-0.39, 0.29) is 25.7 Å². The molecule has 606 valence electrons. The van der Waals surface area contributed by atoms with Gasteiger partial charge < -0.3 is 33.8 Å². The first kappa shape index (κ1) is 100. The SMILES string of the molecule is CCCCCCCCCCCCCCCCCCCC(=O)OC[C@H](COP(=O)(O)OC[C@@H](O)COP(=O)(O)OC[C@@H](COC(=O)CCCCCCCCCCCC)OC(=O)CCCCCCCCCCCCCC(C)C)OC(=O)CCCCCCCCCCCCCCCCCCCCC(C)C. The molecule has 0 fully saturated rings. The maximum Gasteiger partial charge on any atom is 0.472 e. The van der Waals surface area contributed by atoms with Crippen LogP contribution in [0.2, 0.25) is 0 Å². The summed E-state index contributed by atoms with van der Waals surface area (Å²) in [5.41, 5.74) is 0. The largest absolute Gasteiger partial charge is 0.472 e. The van der Waals surface area contributed by atoms with E-state index in [1.807, 2.05) is 0 Å². The molecule has 19 heteroatoms. The van der Waals surface area contributed by atoms with Crippen molar-refractivity contribution in [3.8, 4) is 0 Å². The number of carbonyl (C=O) groups excluding carboxylic acids is 4. The highest BCUT2D eigenvalue weighted by Gasteiger charge is 2.30. The standard InChI is InChI=1S/C83H162O17P2/c1-7-9-11-13-15-17-19-20-21-24-28-31-36-42-48-54-60-66-81(86)94-72-79(99-82(87)67-61-55-49-43-37-32-29-26-23-22-25-27-30-34-39-45-51-57-63-75(3)4)74-98-102(91,92)96-70-77(84)69-95-101(89,90)97-73-78(71-93-80(85)65-59-53-47-41-18-16-14-12-10-8-2)100-83(88)68-62-56-50-44-38-33-35-40-46-52-58-64-76(5)6/h75-79,84H,7-74H2,1-6H3,(H,89,90)(H,91,92)/t77-,78+,79+/m0/s1. The van der Waals surface area contributed by atoms with Crippen LogP contribution >= 0.6 is 15.6 Å². The van der Waals surface area contributed by atoms with Gasteiger partial charge in [-0.05, 0) is 37.5 Å². The highest BCUT2D eigenvalue weighted by Crippen LogP contribution is 2.45. The van der Waals surface area contributed by atoms with Crippen LogP contribution in [0.25, 0.3) is 0 Å². The number of phosphoric acid groups is 2. The van der Waals surface area contributed by atoms with E-state index in [1.165, 1.54) is 257 Å². The third-order valence-corrected chi connectivity index (χ3v) is 21.4. The molecule has 0 saturated carbocycles. The predicted octanol–water partition coefficient (Wildman–Crippen LogP) is 25.1. The van der Waals surface area contributed by atoms with E-state index in [2.05, 4.69) is 41.5 Å². The lowest BCUT2D eigenvalue weighted by Gasteiger charge is -2.21. The molecule has 0 aromatic carbocycles. The van der Waals surface area contributed by atoms with Crippen LogP contribution in [-0.2, 0) is 65.4 Å². The topological polar surface area (TPSA) is 237 Å². The normalized spacial score (nSPS) is 13.9. The maximum absolute atomic E-state index is 13.1. The molecular weight excluding hydrogens is 1330 g/mol. The van der Waals surface area contributed by atoms with Crippen molar-refractivity contribution >= 4 is 39.5 Å². The van der Waals surface area contributed by atoms with Gasteiger partial charge in [0.15, 0.2) is 12.2 Å². The quantitative estimate of drug-likeness (QED) is 0.0222. The molecule has 5 atom stereocenters. The molecule has 2 unspecified atom stereocenters. The minimum Gasteiger partial charge on any atom is -0.462 e. The number of ether oxygens (including phenoxy) is 4. The number of hydrogen-bond acceptors (Lipinski definition) is 15. The van der Waals surface area contributed by atoms with Gasteiger partial charge in [0, 0.05) is 25.7 Å².